The molecule has 0 fully saturated rings. The molecule has 2 aromatic rings. The molecule has 0 aromatic heterocycles. The molecular weight excluding hydrogens is 332 g/mol. The van der Waals surface area contributed by atoms with E-state index in [0.29, 0.717) is 0 Å². The molecule has 2 aromatic carbocycles. The first-order valence-corrected chi connectivity index (χ1v) is 9.36. The lowest BCUT2D eigenvalue weighted by molar-refractivity contribution is -0.114. The third-order valence-electron chi connectivity index (χ3n) is 5.00. The Hall–Kier alpha value is -2.94. The number of anilines is 1. The Morgan fingerprint density at radius 2 is 1.93 bits per heavy atom. The van der Waals surface area contributed by atoms with Crippen LogP contribution in [0.1, 0.15) is 41.5 Å². The Morgan fingerprint density at radius 3 is 2.67 bits per heavy atom. The predicted molar refractivity (Wildman–Crippen MR) is 113 cm³/mol. The van der Waals surface area contributed by atoms with Gasteiger partial charge in [0.15, 0.2) is 0 Å². The Bertz CT molecular complexity index is 904. The number of hydrogen-bond acceptors (Lipinski definition) is 2. The van der Waals surface area contributed by atoms with Crippen LogP contribution in [-0.2, 0) is 11.2 Å². The van der Waals surface area contributed by atoms with Gasteiger partial charge in [-0.15, -0.1) is 0 Å². The number of nitrogens with zero attached hydrogens (tertiary/aromatic N) is 1. The standard InChI is InChI=1S/C24H26N2O/c1-17-8-7-9-22(18(17)2)23(24-10-5-4-6-15-25-24)16-20-11-13-21(14-12-20)26-19(3)27/h4,6-15,23H,5,16H2,1-3H3,(H,26,27). The molecule has 0 bridgehead atoms. The molecule has 3 nitrogen and oxygen atoms in total. The van der Waals surface area contributed by atoms with Crippen LogP contribution in [0.25, 0.3) is 0 Å². The number of carbonyl (C=O) groups excluding carboxylic acids is 1. The fourth-order valence-electron chi connectivity index (χ4n) is 3.43. The summed E-state index contributed by atoms with van der Waals surface area (Å²) >= 11 is 0. The van der Waals surface area contributed by atoms with Gasteiger partial charge in [0.05, 0.1) is 0 Å². The smallest absolute Gasteiger partial charge is 0.221 e. The Kier molecular flexibility index (Phi) is 6.02. The van der Waals surface area contributed by atoms with Crippen LogP contribution in [0.4, 0.5) is 5.69 Å². The number of carbonyl (C=O) groups is 1. The number of aliphatic imine (C=N–C) groups is 1. The molecular formula is C24H26N2O. The highest BCUT2D eigenvalue weighted by atomic mass is 16.1. The quantitative estimate of drug-likeness (QED) is 0.753. The number of nitrogens with one attached hydrogen (secondary N) is 1. The molecule has 3 rings (SSSR count). The summed E-state index contributed by atoms with van der Waals surface area (Å²) in [5.74, 6) is 0.147. The Labute approximate surface area is 161 Å². The molecule has 1 aliphatic heterocycles. The van der Waals surface area contributed by atoms with Crippen molar-refractivity contribution in [3.05, 3.63) is 88.6 Å². The van der Waals surface area contributed by atoms with E-state index in [2.05, 4.69) is 61.6 Å². The second kappa shape index (κ2) is 8.63. The van der Waals surface area contributed by atoms with Gasteiger partial charge in [-0.05, 0) is 67.2 Å². The summed E-state index contributed by atoms with van der Waals surface area (Å²) in [6.45, 7) is 5.87. The summed E-state index contributed by atoms with van der Waals surface area (Å²) in [5.41, 5.74) is 7.11. The molecule has 0 saturated carbocycles. The molecule has 1 atom stereocenters. The second-order valence-electron chi connectivity index (χ2n) is 6.99. The third-order valence-corrected chi connectivity index (χ3v) is 5.00. The number of amides is 1. The van der Waals surface area contributed by atoms with E-state index in [-0.39, 0.29) is 11.8 Å². The highest BCUT2D eigenvalue weighted by Gasteiger charge is 2.20. The minimum Gasteiger partial charge on any atom is -0.326 e. The van der Waals surface area contributed by atoms with Crippen molar-refractivity contribution >= 4 is 17.8 Å². The zero-order valence-corrected chi connectivity index (χ0v) is 16.2. The van der Waals surface area contributed by atoms with Crippen LogP contribution < -0.4 is 5.32 Å². The fourth-order valence-corrected chi connectivity index (χ4v) is 3.43. The zero-order chi connectivity index (χ0) is 19.2. The van der Waals surface area contributed by atoms with E-state index in [1.54, 1.807) is 0 Å². The van der Waals surface area contributed by atoms with Crippen LogP contribution in [0.5, 0.6) is 0 Å². The minimum atomic E-state index is -0.0542. The van der Waals surface area contributed by atoms with Crippen molar-refractivity contribution in [2.45, 2.75) is 39.5 Å². The van der Waals surface area contributed by atoms with Crippen LogP contribution in [-0.4, -0.2) is 12.1 Å². The number of allylic oxidation sites excluding steroid dienone is 4. The zero-order valence-electron chi connectivity index (χ0n) is 16.2. The van der Waals surface area contributed by atoms with Crippen LogP contribution >= 0.6 is 0 Å². The summed E-state index contributed by atoms with van der Waals surface area (Å²) in [6, 6.07) is 14.6. The van der Waals surface area contributed by atoms with Gasteiger partial charge < -0.3 is 5.32 Å². The molecule has 27 heavy (non-hydrogen) atoms. The molecule has 0 saturated heterocycles. The first-order chi connectivity index (χ1) is 13.0. The number of rotatable bonds is 5. The maximum absolute atomic E-state index is 11.2. The van der Waals surface area contributed by atoms with Crippen LogP contribution in [0.3, 0.4) is 0 Å². The fraction of sp³-hybridized carbons (Fsp3) is 0.250. The van der Waals surface area contributed by atoms with Gasteiger partial charge in [0.1, 0.15) is 0 Å². The van der Waals surface area contributed by atoms with Gasteiger partial charge in [0.25, 0.3) is 0 Å². The maximum atomic E-state index is 11.2. The van der Waals surface area contributed by atoms with E-state index in [1.807, 2.05) is 24.4 Å². The van der Waals surface area contributed by atoms with Crippen molar-refractivity contribution in [1.82, 2.24) is 0 Å². The molecule has 1 N–H and O–H groups in total. The molecule has 1 unspecified atom stereocenters. The van der Waals surface area contributed by atoms with Crippen molar-refractivity contribution in [2.75, 3.05) is 5.32 Å². The predicted octanol–water partition coefficient (Wildman–Crippen LogP) is 5.50. The van der Waals surface area contributed by atoms with Crippen LogP contribution in [0.2, 0.25) is 0 Å². The average Bonchev–Trinajstić information content (AvgIpc) is 2.93. The van der Waals surface area contributed by atoms with Crippen molar-refractivity contribution in [1.29, 1.82) is 0 Å². The summed E-state index contributed by atoms with van der Waals surface area (Å²) < 4.78 is 0. The van der Waals surface area contributed by atoms with Gasteiger partial charge in [-0.1, -0.05) is 42.5 Å². The topological polar surface area (TPSA) is 41.5 Å². The lowest BCUT2D eigenvalue weighted by Gasteiger charge is -2.22. The first kappa shape index (κ1) is 18.8. The van der Waals surface area contributed by atoms with E-state index < -0.39 is 0 Å². The molecule has 3 heteroatoms. The van der Waals surface area contributed by atoms with E-state index in [1.165, 1.54) is 29.2 Å². The number of aryl methyl sites for hydroxylation is 1. The summed E-state index contributed by atoms with van der Waals surface area (Å²) in [6.07, 6.45) is 10.0. The van der Waals surface area contributed by atoms with E-state index in [9.17, 15) is 4.79 Å². The van der Waals surface area contributed by atoms with Gasteiger partial charge in [-0.25, -0.2) is 0 Å². The van der Waals surface area contributed by atoms with Crippen molar-refractivity contribution in [3.63, 3.8) is 0 Å². The first-order valence-electron chi connectivity index (χ1n) is 9.36. The number of benzene rings is 2. The number of hydrogen-bond donors (Lipinski definition) is 1. The van der Waals surface area contributed by atoms with Crippen molar-refractivity contribution < 1.29 is 4.79 Å². The summed E-state index contributed by atoms with van der Waals surface area (Å²) in [5, 5.41) is 2.82. The summed E-state index contributed by atoms with van der Waals surface area (Å²) in [4.78, 5) is 15.9. The van der Waals surface area contributed by atoms with Gasteiger partial charge in [0.2, 0.25) is 5.91 Å². The lowest BCUT2D eigenvalue weighted by atomic mass is 9.85. The monoisotopic (exact) mass is 358 g/mol. The lowest BCUT2D eigenvalue weighted by Crippen LogP contribution is -2.09. The molecule has 138 valence electrons. The normalized spacial score (nSPS) is 14.4. The van der Waals surface area contributed by atoms with Crippen LogP contribution in [0, 0.1) is 13.8 Å². The van der Waals surface area contributed by atoms with Gasteiger partial charge in [-0.2, -0.15) is 0 Å². The molecule has 0 spiro atoms. The molecule has 0 aliphatic carbocycles. The van der Waals surface area contributed by atoms with Crippen molar-refractivity contribution in [2.24, 2.45) is 4.99 Å². The SMILES string of the molecule is CC(=O)Nc1ccc(CC(C2=CCC=CC=N2)c2cccc(C)c2C)cc1. The third kappa shape index (κ3) is 4.82. The highest BCUT2D eigenvalue weighted by Crippen LogP contribution is 2.33. The molecule has 1 heterocycles. The Balaban J connectivity index is 1.94. The maximum Gasteiger partial charge on any atom is 0.221 e. The van der Waals surface area contributed by atoms with Crippen LogP contribution in [0.15, 0.2) is 71.4 Å². The largest absolute Gasteiger partial charge is 0.326 e. The van der Waals surface area contributed by atoms with Crippen molar-refractivity contribution in [3.8, 4) is 0 Å². The van der Waals surface area contributed by atoms with Gasteiger partial charge in [0, 0.05) is 30.4 Å². The Morgan fingerprint density at radius 1 is 1.15 bits per heavy atom. The molecule has 0 radical (unpaired) electrons. The molecule has 1 aliphatic rings. The average molecular weight is 358 g/mol. The van der Waals surface area contributed by atoms with E-state index in [0.717, 1.165) is 24.2 Å². The van der Waals surface area contributed by atoms with E-state index >= 15 is 0 Å². The molecule has 1 amide bonds. The summed E-state index contributed by atoms with van der Waals surface area (Å²) in [7, 11) is 0. The highest BCUT2D eigenvalue weighted by molar-refractivity contribution is 5.88. The minimum absolute atomic E-state index is 0.0542. The van der Waals surface area contributed by atoms with E-state index in [4.69, 9.17) is 4.99 Å². The van der Waals surface area contributed by atoms with Gasteiger partial charge >= 0.3 is 0 Å². The van der Waals surface area contributed by atoms with Gasteiger partial charge in [-0.3, -0.25) is 9.79 Å². The second-order valence-corrected chi connectivity index (χ2v) is 6.99.